The number of rotatable bonds is 4. The Morgan fingerprint density at radius 1 is 1.58 bits per heavy atom. The van der Waals surface area contributed by atoms with E-state index in [2.05, 4.69) is 10.3 Å². The number of carbonyl (C=O) groups excluding carboxylic acids is 1. The molecule has 1 aromatic heterocycles. The van der Waals surface area contributed by atoms with Crippen LogP contribution in [0.3, 0.4) is 0 Å². The van der Waals surface area contributed by atoms with Crippen molar-refractivity contribution in [1.29, 1.82) is 0 Å². The average Bonchev–Trinajstić information content (AvgIpc) is 2.79. The molecule has 2 heterocycles. The Balaban J connectivity index is 2.28. The lowest BCUT2D eigenvalue weighted by molar-refractivity contribution is 0.1000. The molecule has 0 radical (unpaired) electrons. The molecule has 19 heavy (non-hydrogen) atoms. The van der Waals surface area contributed by atoms with Gasteiger partial charge in [-0.25, -0.2) is 4.98 Å². The third-order valence-corrected chi connectivity index (χ3v) is 3.59. The fourth-order valence-electron chi connectivity index (χ4n) is 2.73. The van der Waals surface area contributed by atoms with Crippen LogP contribution in [0.1, 0.15) is 34.5 Å². The average molecular weight is 262 g/mol. The molecule has 1 atom stereocenters. The number of aryl methyl sites for hydroxylation is 2. The summed E-state index contributed by atoms with van der Waals surface area (Å²) < 4.78 is 0. The first-order valence-corrected chi connectivity index (χ1v) is 6.71. The van der Waals surface area contributed by atoms with Gasteiger partial charge >= 0.3 is 0 Å². The summed E-state index contributed by atoms with van der Waals surface area (Å²) >= 11 is 0. The number of nitrogens with two attached hydrogens (primary N) is 1. The number of nitrogens with one attached hydrogen (secondary N) is 1. The largest absolute Gasteiger partial charge is 0.365 e. The first kappa shape index (κ1) is 13.8. The lowest BCUT2D eigenvalue weighted by atomic mass is 10.1. The third kappa shape index (κ3) is 3.04. The maximum absolute atomic E-state index is 11.6. The number of carbonyl (C=O) groups is 1. The number of anilines is 1. The highest BCUT2D eigenvalue weighted by Crippen LogP contribution is 2.22. The maximum atomic E-state index is 11.6. The summed E-state index contributed by atoms with van der Waals surface area (Å²) in [6.07, 6.45) is 2.38. The van der Waals surface area contributed by atoms with Crippen LogP contribution in [0, 0.1) is 13.8 Å². The monoisotopic (exact) mass is 262 g/mol. The molecule has 5 heteroatoms. The first-order valence-electron chi connectivity index (χ1n) is 6.71. The predicted molar refractivity (Wildman–Crippen MR) is 76.5 cm³/mol. The molecule has 0 bridgehead atoms. The second-order valence-electron chi connectivity index (χ2n) is 5.32. The lowest BCUT2D eigenvalue weighted by Gasteiger charge is -2.25. The Kier molecular flexibility index (Phi) is 4.04. The smallest absolute Gasteiger partial charge is 0.252 e. The van der Waals surface area contributed by atoms with Gasteiger partial charge in [-0.15, -0.1) is 0 Å². The molecule has 1 amide bonds. The Morgan fingerprint density at radius 3 is 2.89 bits per heavy atom. The topological polar surface area (TPSA) is 71.2 Å². The van der Waals surface area contributed by atoms with Crippen molar-refractivity contribution in [3.8, 4) is 0 Å². The summed E-state index contributed by atoms with van der Waals surface area (Å²) in [4.78, 5) is 18.2. The van der Waals surface area contributed by atoms with Gasteiger partial charge in [0, 0.05) is 25.3 Å². The second kappa shape index (κ2) is 5.57. The van der Waals surface area contributed by atoms with E-state index in [1.807, 2.05) is 31.9 Å². The van der Waals surface area contributed by atoms with Gasteiger partial charge in [0.05, 0.1) is 5.56 Å². The predicted octanol–water partition coefficient (Wildman–Crippen LogP) is 0.986. The zero-order valence-corrected chi connectivity index (χ0v) is 11.9. The molecular weight excluding hydrogens is 240 g/mol. The van der Waals surface area contributed by atoms with Gasteiger partial charge in [0.15, 0.2) is 0 Å². The number of nitrogens with zero attached hydrogens (tertiary/aromatic N) is 2. The molecule has 0 aromatic carbocycles. The van der Waals surface area contributed by atoms with Crippen LogP contribution in [0.4, 0.5) is 5.82 Å². The molecule has 5 nitrogen and oxygen atoms in total. The highest BCUT2D eigenvalue weighted by molar-refractivity contribution is 5.99. The number of hydrogen-bond donors (Lipinski definition) is 2. The van der Waals surface area contributed by atoms with Crippen LogP contribution in [-0.2, 0) is 0 Å². The van der Waals surface area contributed by atoms with E-state index in [0.29, 0.717) is 17.4 Å². The summed E-state index contributed by atoms with van der Waals surface area (Å²) in [6.45, 7) is 5.75. The summed E-state index contributed by atoms with van der Waals surface area (Å²) in [6, 6.07) is 2.36. The normalized spacial score (nSPS) is 18.6. The molecule has 1 unspecified atom stereocenters. The molecule has 3 N–H and O–H groups in total. The third-order valence-electron chi connectivity index (χ3n) is 3.59. The number of primary amides is 1. The van der Waals surface area contributed by atoms with Crippen LogP contribution in [0.25, 0.3) is 0 Å². The van der Waals surface area contributed by atoms with Gasteiger partial charge in [-0.1, -0.05) is 0 Å². The maximum Gasteiger partial charge on any atom is 0.252 e. The highest BCUT2D eigenvalue weighted by Gasteiger charge is 2.21. The van der Waals surface area contributed by atoms with Crippen LogP contribution >= 0.6 is 0 Å². The molecule has 1 aliphatic rings. The molecule has 1 saturated heterocycles. The van der Waals surface area contributed by atoms with Crippen molar-refractivity contribution in [1.82, 2.24) is 10.3 Å². The van der Waals surface area contributed by atoms with E-state index >= 15 is 0 Å². The second-order valence-corrected chi connectivity index (χ2v) is 5.32. The van der Waals surface area contributed by atoms with E-state index in [4.69, 9.17) is 5.73 Å². The van der Waals surface area contributed by atoms with Crippen LogP contribution in [0.5, 0.6) is 0 Å². The number of hydrogen-bond acceptors (Lipinski definition) is 4. The van der Waals surface area contributed by atoms with Gasteiger partial charge < -0.3 is 16.0 Å². The van der Waals surface area contributed by atoms with Gasteiger partial charge in [-0.3, -0.25) is 4.79 Å². The molecule has 104 valence electrons. The van der Waals surface area contributed by atoms with E-state index in [1.165, 1.54) is 12.8 Å². The van der Waals surface area contributed by atoms with Crippen molar-refractivity contribution in [3.05, 3.63) is 22.9 Å². The lowest BCUT2D eigenvalue weighted by Crippen LogP contribution is -2.37. The van der Waals surface area contributed by atoms with E-state index < -0.39 is 5.91 Å². The van der Waals surface area contributed by atoms with Gasteiger partial charge in [-0.2, -0.15) is 0 Å². The number of aromatic nitrogens is 1. The van der Waals surface area contributed by atoms with Crippen LogP contribution in [0.2, 0.25) is 0 Å². The van der Waals surface area contributed by atoms with E-state index in [1.54, 1.807) is 0 Å². The van der Waals surface area contributed by atoms with E-state index in [9.17, 15) is 4.79 Å². The Bertz CT molecular complexity index is 481. The molecule has 1 aliphatic heterocycles. The van der Waals surface area contributed by atoms with Crippen LogP contribution in [-0.4, -0.2) is 37.1 Å². The molecule has 0 aliphatic carbocycles. The summed E-state index contributed by atoms with van der Waals surface area (Å²) in [5, 5.41) is 3.45. The molecule has 1 aromatic rings. The minimum absolute atomic E-state index is 0.411. The summed E-state index contributed by atoms with van der Waals surface area (Å²) in [5.74, 6) is 0.282. The molecule has 2 rings (SSSR count). The van der Waals surface area contributed by atoms with Crippen LogP contribution in [0.15, 0.2) is 6.07 Å². The zero-order chi connectivity index (χ0) is 14.0. The molecule has 1 fully saturated rings. The van der Waals surface area contributed by atoms with Crippen molar-refractivity contribution in [3.63, 3.8) is 0 Å². The van der Waals surface area contributed by atoms with Crippen molar-refractivity contribution < 1.29 is 4.79 Å². The van der Waals surface area contributed by atoms with E-state index in [0.717, 1.165) is 24.3 Å². The van der Waals surface area contributed by atoms with Crippen molar-refractivity contribution in [2.75, 3.05) is 25.0 Å². The quantitative estimate of drug-likeness (QED) is 0.848. The SMILES string of the molecule is Cc1cc(C)c(C(N)=O)c(N(C)CC2CCCN2)n1. The van der Waals surface area contributed by atoms with Crippen molar-refractivity contribution >= 4 is 11.7 Å². The van der Waals surface area contributed by atoms with Gasteiger partial charge in [-0.05, 0) is 44.9 Å². The highest BCUT2D eigenvalue weighted by atomic mass is 16.1. The first-order chi connectivity index (χ1) is 8.99. The minimum atomic E-state index is -0.411. The Hall–Kier alpha value is -1.62. The van der Waals surface area contributed by atoms with Crippen molar-refractivity contribution in [2.24, 2.45) is 5.73 Å². The van der Waals surface area contributed by atoms with Crippen LogP contribution < -0.4 is 16.0 Å². The molecular formula is C14H22N4O. The summed E-state index contributed by atoms with van der Waals surface area (Å²) in [5.41, 5.74) is 7.82. The number of likely N-dealkylation sites (N-methyl/N-ethyl adjacent to an activating group) is 1. The number of amides is 1. The number of pyridine rings is 1. The summed E-state index contributed by atoms with van der Waals surface area (Å²) in [7, 11) is 1.97. The minimum Gasteiger partial charge on any atom is -0.365 e. The molecule has 0 saturated carbocycles. The fraction of sp³-hybridized carbons (Fsp3) is 0.571. The standard InChI is InChI=1S/C14H22N4O/c1-9-7-10(2)17-14(12(9)13(15)19)18(3)8-11-5-4-6-16-11/h7,11,16H,4-6,8H2,1-3H3,(H2,15,19). The van der Waals surface area contributed by atoms with Gasteiger partial charge in [0.2, 0.25) is 0 Å². The van der Waals surface area contributed by atoms with Crippen molar-refractivity contribution in [2.45, 2.75) is 32.7 Å². The van der Waals surface area contributed by atoms with Gasteiger partial charge in [0.1, 0.15) is 5.82 Å². The zero-order valence-electron chi connectivity index (χ0n) is 11.9. The molecule has 0 spiro atoms. The van der Waals surface area contributed by atoms with E-state index in [-0.39, 0.29) is 0 Å². The Morgan fingerprint density at radius 2 is 2.32 bits per heavy atom. The van der Waals surface area contributed by atoms with Gasteiger partial charge in [0.25, 0.3) is 5.91 Å². The fourth-order valence-corrected chi connectivity index (χ4v) is 2.73. The Labute approximate surface area is 114 Å².